The van der Waals surface area contributed by atoms with E-state index in [9.17, 15) is 5.11 Å². The number of aliphatic hydroxyl groups is 1. The summed E-state index contributed by atoms with van der Waals surface area (Å²) in [5.74, 6) is 0. The van der Waals surface area contributed by atoms with E-state index in [-0.39, 0.29) is 0 Å². The minimum Gasteiger partial charge on any atom is -0.382 e. The van der Waals surface area contributed by atoms with Gasteiger partial charge in [0.25, 0.3) is 0 Å². The first kappa shape index (κ1) is 7.70. The van der Waals surface area contributed by atoms with E-state index >= 15 is 0 Å². The zero-order valence-electron chi connectivity index (χ0n) is 6.99. The van der Waals surface area contributed by atoms with Crippen LogP contribution in [0.3, 0.4) is 0 Å². The van der Waals surface area contributed by atoms with Gasteiger partial charge in [-0.05, 0) is 13.5 Å². The highest BCUT2D eigenvalue weighted by molar-refractivity contribution is 5.09. The van der Waals surface area contributed by atoms with Gasteiger partial charge in [-0.2, -0.15) is 15.4 Å². The first-order valence-electron chi connectivity index (χ1n) is 3.98. The van der Waals surface area contributed by atoms with E-state index in [4.69, 9.17) is 0 Å². The molecule has 2 N–H and O–H groups in total. The van der Waals surface area contributed by atoms with Crippen LogP contribution in [-0.2, 0) is 5.60 Å². The van der Waals surface area contributed by atoms with Crippen LogP contribution in [0.4, 0.5) is 0 Å². The van der Waals surface area contributed by atoms with Gasteiger partial charge in [-0.25, -0.2) is 0 Å². The number of β-amino-alcohol motifs (C(OH)–C–C–N with tert-alkyl or cyclic N) is 1. The second-order valence-electron chi connectivity index (χ2n) is 3.37. The SMILES string of the molecule is CN1CCC(O)(c2cn[nH]n2)C1. The summed E-state index contributed by atoms with van der Waals surface area (Å²) < 4.78 is 0. The van der Waals surface area contributed by atoms with Crippen molar-refractivity contribution < 1.29 is 5.11 Å². The number of hydrogen-bond donors (Lipinski definition) is 2. The number of hydrogen-bond acceptors (Lipinski definition) is 4. The first-order valence-corrected chi connectivity index (χ1v) is 3.98. The minimum atomic E-state index is -0.790. The van der Waals surface area contributed by atoms with Crippen molar-refractivity contribution in [3.8, 4) is 0 Å². The Hall–Kier alpha value is -0.940. The Labute approximate surface area is 70.4 Å². The molecule has 1 aromatic heterocycles. The van der Waals surface area contributed by atoms with Crippen LogP contribution in [-0.4, -0.2) is 45.6 Å². The Morgan fingerprint density at radius 3 is 3.08 bits per heavy atom. The molecule has 5 heteroatoms. The van der Waals surface area contributed by atoms with Crippen molar-refractivity contribution >= 4 is 0 Å². The maximum absolute atomic E-state index is 10.1. The zero-order valence-corrected chi connectivity index (χ0v) is 6.99. The molecule has 1 atom stereocenters. The molecule has 1 aliphatic heterocycles. The van der Waals surface area contributed by atoms with Gasteiger partial charge in [-0.3, -0.25) is 0 Å². The topological polar surface area (TPSA) is 65.0 Å². The first-order chi connectivity index (χ1) is 5.71. The van der Waals surface area contributed by atoms with Crippen molar-refractivity contribution in [1.82, 2.24) is 20.3 Å². The molecule has 66 valence electrons. The molecular formula is C7H12N4O. The van der Waals surface area contributed by atoms with Gasteiger partial charge >= 0.3 is 0 Å². The molecule has 0 radical (unpaired) electrons. The second kappa shape index (κ2) is 2.53. The number of likely N-dealkylation sites (tertiary alicyclic amines) is 1. The van der Waals surface area contributed by atoms with Crippen LogP contribution in [0.15, 0.2) is 6.20 Å². The highest BCUT2D eigenvalue weighted by Crippen LogP contribution is 2.28. The Bertz CT molecular complexity index is 260. The number of aromatic nitrogens is 3. The smallest absolute Gasteiger partial charge is 0.124 e. The molecular weight excluding hydrogens is 156 g/mol. The average Bonchev–Trinajstić information content (AvgIpc) is 2.59. The van der Waals surface area contributed by atoms with Gasteiger partial charge in [0, 0.05) is 13.1 Å². The molecule has 1 unspecified atom stereocenters. The lowest BCUT2D eigenvalue weighted by Gasteiger charge is -2.18. The van der Waals surface area contributed by atoms with E-state index in [0.717, 1.165) is 13.0 Å². The van der Waals surface area contributed by atoms with Crippen LogP contribution < -0.4 is 0 Å². The molecule has 2 rings (SSSR count). The highest BCUT2D eigenvalue weighted by atomic mass is 16.3. The van der Waals surface area contributed by atoms with Crippen LogP contribution in [0.1, 0.15) is 12.1 Å². The standard InChI is InChI=1S/C7H12N4O/c1-11-3-2-7(12,5-11)6-4-8-10-9-6/h4,12H,2-3,5H2,1H3,(H,8,9,10). The molecule has 0 bridgehead atoms. The lowest BCUT2D eigenvalue weighted by atomic mass is 10.0. The summed E-state index contributed by atoms with van der Waals surface area (Å²) in [5, 5.41) is 20.1. The summed E-state index contributed by atoms with van der Waals surface area (Å²) in [6.45, 7) is 1.54. The summed E-state index contributed by atoms with van der Waals surface area (Å²) in [7, 11) is 1.98. The fourth-order valence-electron chi connectivity index (χ4n) is 1.62. The lowest BCUT2D eigenvalue weighted by Crippen LogP contribution is -2.29. The molecule has 5 nitrogen and oxygen atoms in total. The Morgan fingerprint density at radius 2 is 2.58 bits per heavy atom. The molecule has 2 heterocycles. The minimum absolute atomic E-state index is 0.638. The lowest BCUT2D eigenvalue weighted by molar-refractivity contribution is 0.0444. The third kappa shape index (κ3) is 1.11. The van der Waals surface area contributed by atoms with Crippen molar-refractivity contribution in [2.75, 3.05) is 20.1 Å². The van der Waals surface area contributed by atoms with Crippen molar-refractivity contribution in [2.24, 2.45) is 0 Å². The quantitative estimate of drug-likeness (QED) is 0.583. The number of nitrogens with one attached hydrogen (secondary N) is 1. The summed E-state index contributed by atoms with van der Waals surface area (Å²) >= 11 is 0. The molecule has 0 saturated carbocycles. The summed E-state index contributed by atoms with van der Waals surface area (Å²) in [5.41, 5.74) is -0.145. The van der Waals surface area contributed by atoms with Gasteiger partial charge in [0.1, 0.15) is 11.3 Å². The predicted octanol–water partition coefficient (Wildman–Crippen LogP) is -0.672. The van der Waals surface area contributed by atoms with Crippen molar-refractivity contribution in [3.05, 3.63) is 11.9 Å². The van der Waals surface area contributed by atoms with Gasteiger partial charge in [0.2, 0.25) is 0 Å². The van der Waals surface area contributed by atoms with Crippen LogP contribution >= 0.6 is 0 Å². The molecule has 0 aliphatic carbocycles. The number of aromatic amines is 1. The van der Waals surface area contributed by atoms with E-state index in [1.54, 1.807) is 6.20 Å². The van der Waals surface area contributed by atoms with Crippen LogP contribution in [0.5, 0.6) is 0 Å². The Balaban J connectivity index is 2.23. The molecule has 1 aliphatic rings. The molecule has 0 spiro atoms. The molecule has 0 amide bonds. The highest BCUT2D eigenvalue weighted by Gasteiger charge is 2.38. The number of nitrogens with zero attached hydrogens (tertiary/aromatic N) is 3. The predicted molar refractivity (Wildman–Crippen MR) is 42.4 cm³/mol. The van der Waals surface area contributed by atoms with Crippen LogP contribution in [0, 0.1) is 0 Å². The fraction of sp³-hybridized carbons (Fsp3) is 0.714. The van der Waals surface area contributed by atoms with Crippen molar-refractivity contribution in [1.29, 1.82) is 0 Å². The summed E-state index contributed by atoms with van der Waals surface area (Å²) in [6.07, 6.45) is 2.31. The van der Waals surface area contributed by atoms with Gasteiger partial charge in [0.05, 0.1) is 6.20 Å². The van der Waals surface area contributed by atoms with Gasteiger partial charge in [-0.1, -0.05) is 0 Å². The molecule has 12 heavy (non-hydrogen) atoms. The number of rotatable bonds is 1. The number of H-pyrrole nitrogens is 1. The van der Waals surface area contributed by atoms with E-state index in [1.807, 2.05) is 7.05 Å². The molecule has 1 saturated heterocycles. The maximum atomic E-state index is 10.1. The van der Waals surface area contributed by atoms with E-state index in [2.05, 4.69) is 20.3 Å². The van der Waals surface area contributed by atoms with Crippen LogP contribution in [0.25, 0.3) is 0 Å². The number of likely N-dealkylation sites (N-methyl/N-ethyl adjacent to an activating group) is 1. The Kier molecular flexibility index (Phi) is 1.62. The maximum Gasteiger partial charge on any atom is 0.124 e. The van der Waals surface area contributed by atoms with Crippen molar-refractivity contribution in [3.63, 3.8) is 0 Å². The average molecular weight is 168 g/mol. The normalized spacial score (nSPS) is 31.2. The van der Waals surface area contributed by atoms with Gasteiger partial charge in [-0.15, -0.1) is 0 Å². The van der Waals surface area contributed by atoms with Crippen LogP contribution in [0.2, 0.25) is 0 Å². The largest absolute Gasteiger partial charge is 0.382 e. The monoisotopic (exact) mass is 168 g/mol. The van der Waals surface area contributed by atoms with Gasteiger partial charge < -0.3 is 10.0 Å². The Morgan fingerprint density at radius 1 is 1.75 bits per heavy atom. The fourth-order valence-corrected chi connectivity index (χ4v) is 1.62. The van der Waals surface area contributed by atoms with Crippen molar-refractivity contribution in [2.45, 2.75) is 12.0 Å². The second-order valence-corrected chi connectivity index (χ2v) is 3.37. The third-order valence-corrected chi connectivity index (χ3v) is 2.33. The van der Waals surface area contributed by atoms with E-state index in [0.29, 0.717) is 12.2 Å². The van der Waals surface area contributed by atoms with E-state index < -0.39 is 5.60 Å². The van der Waals surface area contributed by atoms with E-state index in [1.165, 1.54) is 0 Å². The summed E-state index contributed by atoms with van der Waals surface area (Å²) in [4.78, 5) is 2.08. The summed E-state index contributed by atoms with van der Waals surface area (Å²) in [6, 6.07) is 0. The van der Waals surface area contributed by atoms with Gasteiger partial charge in [0.15, 0.2) is 0 Å². The molecule has 0 aromatic carbocycles. The zero-order chi connectivity index (χ0) is 8.60. The molecule has 1 fully saturated rings. The third-order valence-electron chi connectivity index (χ3n) is 2.33. The molecule has 1 aromatic rings.